The van der Waals surface area contributed by atoms with Crippen molar-refractivity contribution in [3.63, 3.8) is 0 Å². The molecule has 1 aromatic heterocycles. The second-order valence-electron chi connectivity index (χ2n) is 5.79. The van der Waals surface area contributed by atoms with Crippen molar-refractivity contribution < 1.29 is 0 Å². The van der Waals surface area contributed by atoms with E-state index in [1.165, 1.54) is 16.7 Å². The Balaban J connectivity index is 1.66. The van der Waals surface area contributed by atoms with E-state index >= 15 is 0 Å². The fourth-order valence-corrected chi connectivity index (χ4v) is 2.64. The van der Waals surface area contributed by atoms with E-state index in [4.69, 9.17) is 0 Å². The maximum absolute atomic E-state index is 4.26. The summed E-state index contributed by atoms with van der Waals surface area (Å²) in [5, 5.41) is 10.9. The molecule has 0 amide bonds. The zero-order chi connectivity index (χ0) is 16.5. The van der Waals surface area contributed by atoms with Crippen LogP contribution in [0.2, 0.25) is 0 Å². The van der Waals surface area contributed by atoms with Gasteiger partial charge in [0.05, 0.1) is 0 Å². The molecule has 0 unspecified atom stereocenters. The van der Waals surface area contributed by atoms with Crippen molar-refractivity contribution in [2.75, 3.05) is 20.1 Å². The summed E-state index contributed by atoms with van der Waals surface area (Å²) in [5.74, 6) is 0.856. The van der Waals surface area contributed by atoms with Gasteiger partial charge in [0.15, 0.2) is 5.96 Å². The van der Waals surface area contributed by atoms with Gasteiger partial charge in [0.25, 0.3) is 0 Å². The van der Waals surface area contributed by atoms with E-state index < -0.39 is 0 Å². The minimum absolute atomic E-state index is 0.856. The molecule has 0 bridgehead atoms. The van der Waals surface area contributed by atoms with Gasteiger partial charge in [0, 0.05) is 39.1 Å². The Morgan fingerprint density at radius 2 is 1.87 bits per heavy atom. The number of nitrogens with one attached hydrogen (secondary N) is 2. The summed E-state index contributed by atoms with van der Waals surface area (Å²) in [4.78, 5) is 4.26. The van der Waals surface area contributed by atoms with Crippen LogP contribution in [0.5, 0.6) is 0 Å². The van der Waals surface area contributed by atoms with Gasteiger partial charge in [0.2, 0.25) is 0 Å². The van der Waals surface area contributed by atoms with Gasteiger partial charge < -0.3 is 10.6 Å². The highest BCUT2D eigenvalue weighted by atomic mass is 15.3. The van der Waals surface area contributed by atoms with Crippen LogP contribution in [-0.2, 0) is 13.0 Å². The van der Waals surface area contributed by atoms with Crippen LogP contribution < -0.4 is 10.6 Å². The van der Waals surface area contributed by atoms with Crippen LogP contribution in [0.25, 0.3) is 0 Å². The van der Waals surface area contributed by atoms with Crippen molar-refractivity contribution in [3.05, 3.63) is 53.3 Å². The number of benzene rings is 1. The molecule has 0 aliphatic rings. The third-order valence-corrected chi connectivity index (χ3v) is 3.63. The lowest BCUT2D eigenvalue weighted by molar-refractivity contribution is 0.570. The number of hydrogen-bond acceptors (Lipinski definition) is 2. The molecule has 124 valence electrons. The molecule has 0 saturated carbocycles. The van der Waals surface area contributed by atoms with Crippen LogP contribution in [0, 0.1) is 13.8 Å². The first-order chi connectivity index (χ1) is 11.2. The summed E-state index contributed by atoms with van der Waals surface area (Å²) in [5.41, 5.74) is 4.01. The number of aryl methyl sites for hydroxylation is 3. The lowest BCUT2D eigenvalue weighted by atomic mass is 10.1. The second kappa shape index (κ2) is 8.98. The van der Waals surface area contributed by atoms with Gasteiger partial charge in [-0.25, -0.2) is 0 Å². The predicted octanol–water partition coefficient (Wildman–Crippen LogP) is 2.30. The van der Waals surface area contributed by atoms with Crippen molar-refractivity contribution in [3.8, 4) is 0 Å². The third-order valence-electron chi connectivity index (χ3n) is 3.63. The average Bonchev–Trinajstić information content (AvgIpc) is 3.02. The molecule has 5 nitrogen and oxygen atoms in total. The van der Waals surface area contributed by atoms with Gasteiger partial charge in [-0.3, -0.25) is 9.67 Å². The van der Waals surface area contributed by atoms with Crippen LogP contribution in [0.3, 0.4) is 0 Å². The summed E-state index contributed by atoms with van der Waals surface area (Å²) >= 11 is 0. The highest BCUT2D eigenvalue weighted by molar-refractivity contribution is 5.79. The fourth-order valence-electron chi connectivity index (χ4n) is 2.64. The standard InChI is InChI=1S/C18H27N5/c1-15-12-16(2)14-17(13-15)6-9-21-18(19-3)20-7-4-10-23-11-5-8-22-23/h5,8,11-14H,4,6-7,9-10H2,1-3H3,(H2,19,20,21). The quantitative estimate of drug-likeness (QED) is 0.468. The molecule has 2 aromatic rings. The predicted molar refractivity (Wildman–Crippen MR) is 95.8 cm³/mol. The van der Waals surface area contributed by atoms with Gasteiger partial charge in [0.1, 0.15) is 0 Å². The Hall–Kier alpha value is -2.30. The van der Waals surface area contributed by atoms with Gasteiger partial charge in [-0.2, -0.15) is 5.10 Å². The Morgan fingerprint density at radius 1 is 1.13 bits per heavy atom. The van der Waals surface area contributed by atoms with Crippen LogP contribution in [0.15, 0.2) is 41.7 Å². The number of rotatable bonds is 7. The number of nitrogens with zero attached hydrogens (tertiary/aromatic N) is 3. The first-order valence-corrected chi connectivity index (χ1v) is 8.16. The Bertz CT molecular complexity index is 596. The molecule has 0 spiro atoms. The molecule has 0 aliphatic heterocycles. The maximum Gasteiger partial charge on any atom is 0.190 e. The number of hydrogen-bond donors (Lipinski definition) is 2. The first kappa shape index (κ1) is 17.1. The molecule has 0 aliphatic carbocycles. The summed E-state index contributed by atoms with van der Waals surface area (Å²) in [6.45, 7) is 6.96. The molecular weight excluding hydrogens is 286 g/mol. The molecule has 0 radical (unpaired) electrons. The van der Waals surface area contributed by atoms with E-state index in [1.54, 1.807) is 13.2 Å². The van der Waals surface area contributed by atoms with E-state index in [9.17, 15) is 0 Å². The maximum atomic E-state index is 4.26. The lowest BCUT2D eigenvalue weighted by Gasteiger charge is -2.12. The molecule has 23 heavy (non-hydrogen) atoms. The van der Waals surface area contributed by atoms with Crippen LogP contribution in [0.1, 0.15) is 23.1 Å². The molecular formula is C18H27N5. The molecule has 0 fully saturated rings. The normalized spacial score (nSPS) is 11.5. The summed E-state index contributed by atoms with van der Waals surface area (Å²) in [6.07, 6.45) is 5.80. The molecule has 0 saturated heterocycles. The fraction of sp³-hybridized carbons (Fsp3) is 0.444. The van der Waals surface area contributed by atoms with Crippen molar-refractivity contribution in [2.45, 2.75) is 33.2 Å². The number of aromatic nitrogens is 2. The van der Waals surface area contributed by atoms with Crippen molar-refractivity contribution >= 4 is 5.96 Å². The molecule has 5 heteroatoms. The largest absolute Gasteiger partial charge is 0.356 e. The summed E-state index contributed by atoms with van der Waals surface area (Å²) in [6, 6.07) is 8.64. The molecule has 0 atom stereocenters. The second-order valence-corrected chi connectivity index (χ2v) is 5.79. The van der Waals surface area contributed by atoms with Crippen molar-refractivity contribution in [2.24, 2.45) is 4.99 Å². The van der Waals surface area contributed by atoms with E-state index in [0.717, 1.165) is 38.4 Å². The molecule has 2 rings (SSSR count). The first-order valence-electron chi connectivity index (χ1n) is 8.16. The monoisotopic (exact) mass is 313 g/mol. The van der Waals surface area contributed by atoms with E-state index in [-0.39, 0.29) is 0 Å². The topological polar surface area (TPSA) is 54.2 Å². The van der Waals surface area contributed by atoms with Gasteiger partial charge in [-0.15, -0.1) is 0 Å². The van der Waals surface area contributed by atoms with Crippen molar-refractivity contribution in [1.29, 1.82) is 0 Å². The average molecular weight is 313 g/mol. The lowest BCUT2D eigenvalue weighted by Crippen LogP contribution is -2.39. The van der Waals surface area contributed by atoms with Crippen molar-refractivity contribution in [1.82, 2.24) is 20.4 Å². The van der Waals surface area contributed by atoms with Gasteiger partial charge >= 0.3 is 0 Å². The highest BCUT2D eigenvalue weighted by Gasteiger charge is 1.99. The Morgan fingerprint density at radius 3 is 2.52 bits per heavy atom. The van der Waals surface area contributed by atoms with E-state index in [1.807, 2.05) is 16.9 Å². The Labute approximate surface area is 138 Å². The number of aliphatic imine (C=N–C) groups is 1. The van der Waals surface area contributed by atoms with Gasteiger partial charge in [-0.05, 0) is 38.3 Å². The van der Waals surface area contributed by atoms with Crippen LogP contribution in [0.4, 0.5) is 0 Å². The van der Waals surface area contributed by atoms with E-state index in [0.29, 0.717) is 0 Å². The highest BCUT2D eigenvalue weighted by Crippen LogP contribution is 2.08. The zero-order valence-corrected chi connectivity index (χ0v) is 14.3. The van der Waals surface area contributed by atoms with Crippen LogP contribution in [-0.4, -0.2) is 35.9 Å². The number of guanidine groups is 1. The third kappa shape index (κ3) is 6.14. The molecule has 2 N–H and O–H groups in total. The van der Waals surface area contributed by atoms with E-state index in [2.05, 4.69) is 52.8 Å². The smallest absolute Gasteiger partial charge is 0.190 e. The summed E-state index contributed by atoms with van der Waals surface area (Å²) in [7, 11) is 1.81. The van der Waals surface area contributed by atoms with Gasteiger partial charge in [-0.1, -0.05) is 29.3 Å². The SMILES string of the molecule is CN=C(NCCCn1cccn1)NCCc1cc(C)cc(C)c1. The zero-order valence-electron chi connectivity index (χ0n) is 14.3. The Kier molecular flexibility index (Phi) is 6.66. The molecule has 1 heterocycles. The molecule has 1 aromatic carbocycles. The minimum Gasteiger partial charge on any atom is -0.356 e. The summed E-state index contributed by atoms with van der Waals surface area (Å²) < 4.78 is 1.94. The minimum atomic E-state index is 0.856. The van der Waals surface area contributed by atoms with Crippen LogP contribution >= 0.6 is 0 Å².